The van der Waals surface area contributed by atoms with Crippen LogP contribution in [0.2, 0.25) is 0 Å². The van der Waals surface area contributed by atoms with E-state index in [0.717, 1.165) is 54.9 Å². The lowest BCUT2D eigenvalue weighted by Gasteiger charge is -2.19. The minimum Gasteiger partial charge on any atom is -0.354 e. The summed E-state index contributed by atoms with van der Waals surface area (Å²) in [6.07, 6.45) is 0.750. The minimum atomic E-state index is -0.951. The third kappa shape index (κ3) is 7.63. The van der Waals surface area contributed by atoms with E-state index in [-0.39, 0.29) is 45.4 Å². The van der Waals surface area contributed by atoms with E-state index in [1.54, 1.807) is 20.8 Å². The molecule has 0 radical (unpaired) electrons. The Kier molecular flexibility index (Phi) is 12.0. The molecule has 4 aromatic rings. The summed E-state index contributed by atoms with van der Waals surface area (Å²) in [4.78, 5) is 37.3. The van der Waals surface area contributed by atoms with Crippen molar-refractivity contribution in [2.45, 2.75) is 60.9 Å². The summed E-state index contributed by atoms with van der Waals surface area (Å²) in [7, 11) is 0. The first kappa shape index (κ1) is 34.2. The predicted molar refractivity (Wildman–Crippen MR) is 170 cm³/mol. The lowest BCUT2D eigenvalue weighted by Crippen LogP contribution is -2.30. The monoisotopic (exact) mass is 610 g/mol. The topological polar surface area (TPSA) is 92.2 Å². The predicted octanol–water partition coefficient (Wildman–Crippen LogP) is 6.48. The molecule has 2 aromatic heterocycles. The molecule has 2 aromatic carbocycles. The highest BCUT2D eigenvalue weighted by Crippen LogP contribution is 2.33. The van der Waals surface area contributed by atoms with E-state index in [4.69, 9.17) is 0 Å². The highest BCUT2D eigenvalue weighted by Gasteiger charge is 2.22. The quantitative estimate of drug-likeness (QED) is 0.189. The molecule has 2 heterocycles. The van der Waals surface area contributed by atoms with E-state index in [2.05, 4.69) is 39.3 Å². The number of carbonyl (C=O) groups excluding carboxylic acids is 1. The highest BCUT2D eigenvalue weighted by molar-refractivity contribution is 5.98. The van der Waals surface area contributed by atoms with Crippen molar-refractivity contribution in [3.8, 4) is 16.9 Å². The van der Waals surface area contributed by atoms with Crippen molar-refractivity contribution in [1.82, 2.24) is 24.8 Å². The van der Waals surface area contributed by atoms with Gasteiger partial charge in [0.25, 0.3) is 11.5 Å². The molecule has 0 aliphatic rings. The third-order valence-corrected chi connectivity index (χ3v) is 7.02. The summed E-state index contributed by atoms with van der Waals surface area (Å²) < 4.78 is 46.0. The summed E-state index contributed by atoms with van der Waals surface area (Å²) in [6, 6.07) is 8.38. The Morgan fingerprint density at radius 3 is 2.25 bits per heavy atom. The minimum absolute atomic E-state index is 0.0698. The van der Waals surface area contributed by atoms with Gasteiger partial charge in [0.1, 0.15) is 23.1 Å². The van der Waals surface area contributed by atoms with Crippen molar-refractivity contribution < 1.29 is 18.0 Å². The van der Waals surface area contributed by atoms with Crippen LogP contribution in [0.25, 0.3) is 28.0 Å². The summed E-state index contributed by atoms with van der Waals surface area (Å²) in [6.45, 7) is 16.4. The normalized spacial score (nSPS) is 11.1. The summed E-state index contributed by atoms with van der Waals surface area (Å²) >= 11 is 0. The second-order valence-corrected chi connectivity index (χ2v) is 10.3. The van der Waals surface area contributed by atoms with Gasteiger partial charge in [-0.3, -0.25) is 14.2 Å². The number of anilines is 1. The fourth-order valence-electron chi connectivity index (χ4n) is 4.76. The molecule has 0 aliphatic heterocycles. The number of aromatic nitrogens is 3. The number of fused-ring (bicyclic) bond motifs is 1. The molecule has 2 N–H and O–H groups in total. The van der Waals surface area contributed by atoms with Crippen molar-refractivity contribution in [1.29, 1.82) is 0 Å². The molecule has 0 saturated carbocycles. The van der Waals surface area contributed by atoms with Crippen LogP contribution in [0, 0.1) is 24.4 Å². The molecule has 0 unspecified atom stereocenters. The van der Waals surface area contributed by atoms with Gasteiger partial charge in [0.2, 0.25) is 5.95 Å². The van der Waals surface area contributed by atoms with Gasteiger partial charge in [0, 0.05) is 35.2 Å². The fourth-order valence-corrected chi connectivity index (χ4v) is 4.76. The molecule has 11 heteroatoms. The zero-order valence-electron chi connectivity index (χ0n) is 26.4. The van der Waals surface area contributed by atoms with Crippen molar-refractivity contribution in [2.24, 2.45) is 0 Å². The maximum absolute atomic E-state index is 15.2. The lowest BCUT2D eigenvalue weighted by molar-refractivity contribution is 0.0942. The molecule has 1 amide bonds. The van der Waals surface area contributed by atoms with E-state index in [1.165, 1.54) is 18.2 Å². The first-order valence-electron chi connectivity index (χ1n) is 15.0. The van der Waals surface area contributed by atoms with E-state index in [0.29, 0.717) is 6.54 Å². The SMILES string of the molecule is CC.CCN(CC)CCCNc1nc(-c2cc(C(=O)NC(C)C)cc(F)c2C)c2ccc(=O)n(-c3c(F)cccc3F)c2n1. The first-order valence-corrected chi connectivity index (χ1v) is 15.0. The number of carbonyl (C=O) groups is 1. The Labute approximate surface area is 256 Å². The Balaban J connectivity index is 0.00000259. The standard InChI is InChI=1S/C31H35F3N6O2.C2H6/c1-6-39(7-2)15-9-14-35-31-37-27(22-16-20(17-25(34)19(22)5)30(42)36-18(3)4)21-12-13-26(41)40(29(21)38-31)28-23(32)10-8-11-24(28)33;1-2/h8,10-13,16-18H,6-7,9,14-15H2,1-5H3,(H,36,42)(H,35,37,38);1-2H3. The maximum atomic E-state index is 15.2. The summed E-state index contributed by atoms with van der Waals surface area (Å²) in [5.41, 5.74) is -0.599. The number of hydrogen-bond donors (Lipinski definition) is 2. The van der Waals surface area contributed by atoms with Crippen molar-refractivity contribution in [3.05, 3.63) is 81.4 Å². The summed E-state index contributed by atoms with van der Waals surface area (Å²) in [5.74, 6) is -2.91. The van der Waals surface area contributed by atoms with Crippen molar-refractivity contribution >= 4 is 22.9 Å². The highest BCUT2D eigenvalue weighted by atomic mass is 19.1. The van der Waals surface area contributed by atoms with Crippen molar-refractivity contribution in [3.63, 3.8) is 0 Å². The molecular formula is C33H41F3N6O2. The molecule has 0 saturated heterocycles. The zero-order chi connectivity index (χ0) is 32.6. The number of amides is 1. The second kappa shape index (κ2) is 15.5. The number of nitrogens with one attached hydrogen (secondary N) is 2. The van der Waals surface area contributed by atoms with Crippen LogP contribution in [0.5, 0.6) is 0 Å². The summed E-state index contributed by atoms with van der Waals surface area (Å²) in [5, 5.41) is 6.15. The fraction of sp³-hybridized carbons (Fsp3) is 0.394. The van der Waals surface area contributed by atoms with Crippen LogP contribution < -0.4 is 16.2 Å². The Morgan fingerprint density at radius 1 is 0.977 bits per heavy atom. The Bertz CT molecular complexity index is 1650. The number of halogens is 3. The maximum Gasteiger partial charge on any atom is 0.256 e. The number of para-hydroxylation sites is 1. The number of rotatable bonds is 11. The van der Waals surface area contributed by atoms with E-state index in [1.807, 2.05) is 13.8 Å². The second-order valence-electron chi connectivity index (χ2n) is 10.3. The molecule has 0 aliphatic carbocycles. The smallest absolute Gasteiger partial charge is 0.256 e. The van der Waals surface area contributed by atoms with Gasteiger partial charge in [0.15, 0.2) is 5.65 Å². The van der Waals surface area contributed by atoms with Gasteiger partial charge >= 0.3 is 0 Å². The van der Waals surface area contributed by atoms with E-state index >= 15 is 4.39 Å². The van der Waals surface area contributed by atoms with Crippen LogP contribution in [-0.4, -0.2) is 57.6 Å². The number of nitrogens with zero attached hydrogens (tertiary/aromatic N) is 4. The van der Waals surface area contributed by atoms with Crippen LogP contribution >= 0.6 is 0 Å². The molecule has 0 spiro atoms. The van der Waals surface area contributed by atoms with Crippen LogP contribution in [0.3, 0.4) is 0 Å². The van der Waals surface area contributed by atoms with Gasteiger partial charge in [-0.25, -0.2) is 18.2 Å². The largest absolute Gasteiger partial charge is 0.354 e. The van der Waals surface area contributed by atoms with Crippen LogP contribution in [0.4, 0.5) is 19.1 Å². The van der Waals surface area contributed by atoms with Gasteiger partial charge in [-0.05, 0) is 82.7 Å². The number of hydrogen-bond acceptors (Lipinski definition) is 6. The Hall–Kier alpha value is -4.25. The molecule has 8 nitrogen and oxygen atoms in total. The van der Waals surface area contributed by atoms with Crippen LogP contribution in [0.15, 0.2) is 47.3 Å². The Morgan fingerprint density at radius 2 is 1.64 bits per heavy atom. The third-order valence-electron chi connectivity index (χ3n) is 7.02. The first-order chi connectivity index (χ1) is 21.0. The van der Waals surface area contributed by atoms with Gasteiger partial charge in [-0.1, -0.05) is 33.8 Å². The molecule has 0 atom stereocenters. The zero-order valence-corrected chi connectivity index (χ0v) is 26.4. The van der Waals surface area contributed by atoms with Crippen LogP contribution in [0.1, 0.15) is 63.9 Å². The molecule has 0 fully saturated rings. The average Bonchev–Trinajstić information content (AvgIpc) is 2.99. The molecule has 44 heavy (non-hydrogen) atoms. The molecular weight excluding hydrogens is 569 g/mol. The lowest BCUT2D eigenvalue weighted by atomic mass is 9.98. The average molecular weight is 611 g/mol. The van der Waals surface area contributed by atoms with Gasteiger partial charge < -0.3 is 15.5 Å². The van der Waals surface area contributed by atoms with E-state index < -0.39 is 34.6 Å². The van der Waals surface area contributed by atoms with Gasteiger partial charge in [-0.2, -0.15) is 4.98 Å². The van der Waals surface area contributed by atoms with Gasteiger partial charge in [-0.15, -0.1) is 0 Å². The number of benzene rings is 2. The van der Waals surface area contributed by atoms with Gasteiger partial charge in [0.05, 0.1) is 5.69 Å². The molecule has 4 rings (SSSR count). The molecule has 236 valence electrons. The van der Waals surface area contributed by atoms with Crippen LogP contribution in [-0.2, 0) is 0 Å². The van der Waals surface area contributed by atoms with E-state index in [9.17, 15) is 18.4 Å². The van der Waals surface area contributed by atoms with Crippen molar-refractivity contribution in [2.75, 3.05) is 31.5 Å². The number of pyridine rings is 1. The molecule has 0 bridgehead atoms.